The molecule has 2 aromatic carbocycles. The van der Waals surface area contributed by atoms with Crippen LogP contribution < -0.4 is 15.5 Å². The molecule has 1 aliphatic heterocycles. The van der Waals surface area contributed by atoms with E-state index < -0.39 is 0 Å². The Balaban J connectivity index is 1.27. The minimum Gasteiger partial charge on any atom is -0.394 e. The zero-order valence-corrected chi connectivity index (χ0v) is 15.3. The van der Waals surface area contributed by atoms with Crippen molar-refractivity contribution < 1.29 is 9.63 Å². The van der Waals surface area contributed by atoms with Gasteiger partial charge in [-0.2, -0.15) is 0 Å². The van der Waals surface area contributed by atoms with Crippen molar-refractivity contribution >= 4 is 23.7 Å². The first-order valence-electron chi connectivity index (χ1n) is 8.51. The number of nitrogens with zero attached hydrogens (tertiary/aromatic N) is 2. The summed E-state index contributed by atoms with van der Waals surface area (Å²) in [6, 6.07) is 19.1. The first-order valence-corrected chi connectivity index (χ1v) is 9.29. The highest BCUT2D eigenvalue weighted by Crippen LogP contribution is 2.34. The SMILES string of the molecule is O=C(NCc1ccncc1)Nc1ccc(SN2Cc3ccccc3O2)cc1. The van der Waals surface area contributed by atoms with E-state index in [1.807, 2.05) is 59.1 Å². The highest BCUT2D eigenvalue weighted by atomic mass is 32.2. The average Bonchev–Trinajstić information content (AvgIpc) is 3.11. The van der Waals surface area contributed by atoms with Crippen molar-refractivity contribution in [3.63, 3.8) is 0 Å². The minimum absolute atomic E-state index is 0.245. The number of hydroxylamine groups is 1. The fourth-order valence-electron chi connectivity index (χ4n) is 2.63. The molecule has 1 aromatic heterocycles. The van der Waals surface area contributed by atoms with Crippen LogP contribution in [0.1, 0.15) is 11.1 Å². The quantitative estimate of drug-likeness (QED) is 0.651. The molecule has 2 amide bonds. The molecule has 0 saturated carbocycles. The van der Waals surface area contributed by atoms with Gasteiger partial charge in [0.25, 0.3) is 0 Å². The molecule has 0 radical (unpaired) electrons. The fourth-order valence-corrected chi connectivity index (χ4v) is 3.44. The van der Waals surface area contributed by atoms with Gasteiger partial charge in [0.2, 0.25) is 0 Å². The third-order valence-electron chi connectivity index (χ3n) is 3.99. The molecule has 0 unspecified atom stereocenters. The molecule has 0 saturated heterocycles. The van der Waals surface area contributed by atoms with Crippen LogP contribution in [-0.2, 0) is 13.1 Å². The first kappa shape index (κ1) is 17.4. The molecular formula is C20H18N4O2S. The van der Waals surface area contributed by atoms with Gasteiger partial charge in [-0.1, -0.05) is 22.7 Å². The Morgan fingerprint density at radius 3 is 2.63 bits per heavy atom. The monoisotopic (exact) mass is 378 g/mol. The molecule has 6 nitrogen and oxygen atoms in total. The predicted octanol–water partition coefficient (Wildman–Crippen LogP) is 4.22. The summed E-state index contributed by atoms with van der Waals surface area (Å²) >= 11 is 1.52. The molecule has 0 bridgehead atoms. The number of benzene rings is 2. The Morgan fingerprint density at radius 2 is 1.85 bits per heavy atom. The summed E-state index contributed by atoms with van der Waals surface area (Å²) in [7, 11) is 0. The molecule has 0 fully saturated rings. The number of anilines is 1. The molecule has 2 heterocycles. The minimum atomic E-state index is -0.245. The van der Waals surface area contributed by atoms with Crippen LogP contribution in [-0.4, -0.2) is 15.5 Å². The number of rotatable bonds is 5. The van der Waals surface area contributed by atoms with Gasteiger partial charge in [-0.3, -0.25) is 4.98 Å². The van der Waals surface area contributed by atoms with Gasteiger partial charge in [0, 0.05) is 35.1 Å². The Morgan fingerprint density at radius 1 is 1.07 bits per heavy atom. The number of hydrogen-bond acceptors (Lipinski definition) is 5. The zero-order chi connectivity index (χ0) is 18.5. The van der Waals surface area contributed by atoms with Crippen molar-refractivity contribution in [3.05, 3.63) is 84.2 Å². The number of urea groups is 1. The number of carbonyl (C=O) groups is 1. The maximum atomic E-state index is 12.0. The smallest absolute Gasteiger partial charge is 0.319 e. The highest BCUT2D eigenvalue weighted by molar-refractivity contribution is 7.96. The molecule has 7 heteroatoms. The lowest BCUT2D eigenvalue weighted by Gasteiger charge is -2.13. The van der Waals surface area contributed by atoms with Crippen LogP contribution in [0.4, 0.5) is 10.5 Å². The van der Waals surface area contributed by atoms with E-state index in [2.05, 4.69) is 21.7 Å². The number of para-hydroxylation sites is 1. The molecule has 0 atom stereocenters. The van der Waals surface area contributed by atoms with Crippen LogP contribution in [0.25, 0.3) is 0 Å². The lowest BCUT2D eigenvalue weighted by molar-refractivity contribution is 0.0721. The summed E-state index contributed by atoms with van der Waals surface area (Å²) in [5, 5.41) is 5.65. The highest BCUT2D eigenvalue weighted by Gasteiger charge is 2.21. The van der Waals surface area contributed by atoms with Crippen LogP contribution in [0.5, 0.6) is 5.75 Å². The van der Waals surface area contributed by atoms with Gasteiger partial charge in [-0.25, -0.2) is 4.79 Å². The zero-order valence-electron chi connectivity index (χ0n) is 14.5. The Labute approximate surface area is 161 Å². The van der Waals surface area contributed by atoms with Crippen molar-refractivity contribution in [1.29, 1.82) is 0 Å². The summed E-state index contributed by atoms with van der Waals surface area (Å²) in [6.45, 7) is 1.19. The van der Waals surface area contributed by atoms with Gasteiger partial charge < -0.3 is 15.5 Å². The number of aromatic nitrogens is 1. The Kier molecular flexibility index (Phi) is 5.22. The molecular weight excluding hydrogens is 360 g/mol. The standard InChI is InChI=1S/C20H18N4O2S/c25-20(22-13-15-9-11-21-12-10-15)23-17-5-7-18(8-6-17)27-24-14-16-3-1-2-4-19(16)26-24/h1-12H,13-14H2,(H2,22,23,25). The summed E-state index contributed by atoms with van der Waals surface area (Å²) < 4.78 is 1.84. The topological polar surface area (TPSA) is 66.5 Å². The molecule has 0 spiro atoms. The number of amides is 2. The second kappa shape index (κ2) is 8.11. The van der Waals surface area contributed by atoms with Crippen molar-refractivity contribution in [1.82, 2.24) is 14.8 Å². The Bertz CT molecular complexity index is 894. The van der Waals surface area contributed by atoms with E-state index in [1.54, 1.807) is 12.4 Å². The predicted molar refractivity (Wildman–Crippen MR) is 105 cm³/mol. The van der Waals surface area contributed by atoms with E-state index in [-0.39, 0.29) is 6.03 Å². The molecule has 1 aliphatic rings. The van der Waals surface area contributed by atoms with E-state index in [0.717, 1.165) is 28.4 Å². The number of carbonyl (C=O) groups excluding carboxylic acids is 1. The van der Waals surface area contributed by atoms with Gasteiger partial charge in [0.15, 0.2) is 5.75 Å². The van der Waals surface area contributed by atoms with Gasteiger partial charge in [-0.05, 0) is 60.0 Å². The lowest BCUT2D eigenvalue weighted by Crippen LogP contribution is -2.28. The second-order valence-electron chi connectivity index (χ2n) is 5.97. The van der Waals surface area contributed by atoms with Crippen molar-refractivity contribution in [2.75, 3.05) is 5.32 Å². The number of hydrogen-bond donors (Lipinski definition) is 2. The third-order valence-corrected chi connectivity index (χ3v) is 4.88. The molecule has 3 aromatic rings. The largest absolute Gasteiger partial charge is 0.394 e. The molecule has 136 valence electrons. The lowest BCUT2D eigenvalue weighted by atomic mass is 10.2. The molecule has 2 N–H and O–H groups in total. The van der Waals surface area contributed by atoms with E-state index >= 15 is 0 Å². The van der Waals surface area contributed by atoms with E-state index in [0.29, 0.717) is 6.54 Å². The molecule has 4 rings (SSSR count). The van der Waals surface area contributed by atoms with Crippen molar-refractivity contribution in [3.8, 4) is 5.75 Å². The summed E-state index contributed by atoms with van der Waals surface area (Å²) in [6.07, 6.45) is 3.40. The van der Waals surface area contributed by atoms with Gasteiger partial charge in [-0.15, -0.1) is 0 Å². The molecule has 0 aliphatic carbocycles. The van der Waals surface area contributed by atoms with Crippen LogP contribution in [0, 0.1) is 0 Å². The van der Waals surface area contributed by atoms with Crippen molar-refractivity contribution in [2.45, 2.75) is 18.0 Å². The van der Waals surface area contributed by atoms with Gasteiger partial charge in [0.1, 0.15) is 0 Å². The average molecular weight is 378 g/mol. The molecule has 27 heavy (non-hydrogen) atoms. The van der Waals surface area contributed by atoms with Crippen LogP contribution >= 0.6 is 11.9 Å². The number of pyridine rings is 1. The van der Waals surface area contributed by atoms with Crippen LogP contribution in [0.2, 0.25) is 0 Å². The van der Waals surface area contributed by atoms with Crippen molar-refractivity contribution in [2.24, 2.45) is 0 Å². The summed E-state index contributed by atoms with van der Waals surface area (Å²) in [5.74, 6) is 0.897. The normalized spacial score (nSPS) is 12.9. The summed E-state index contributed by atoms with van der Waals surface area (Å²) in [4.78, 5) is 22.8. The van der Waals surface area contributed by atoms with E-state index in [9.17, 15) is 4.79 Å². The van der Waals surface area contributed by atoms with Gasteiger partial charge >= 0.3 is 6.03 Å². The van der Waals surface area contributed by atoms with Crippen LogP contribution in [0.3, 0.4) is 0 Å². The maximum absolute atomic E-state index is 12.0. The number of fused-ring (bicyclic) bond motifs is 1. The van der Waals surface area contributed by atoms with Gasteiger partial charge in [0.05, 0.1) is 6.54 Å². The second-order valence-corrected chi connectivity index (χ2v) is 7.03. The first-order chi connectivity index (χ1) is 13.3. The number of nitrogens with one attached hydrogen (secondary N) is 2. The fraction of sp³-hybridized carbons (Fsp3) is 0.100. The third kappa shape index (κ3) is 4.58. The Hall–Kier alpha value is -3.03. The van der Waals surface area contributed by atoms with Crippen LogP contribution in [0.15, 0.2) is 78.0 Å². The van der Waals surface area contributed by atoms with E-state index in [1.165, 1.54) is 17.5 Å². The maximum Gasteiger partial charge on any atom is 0.319 e. The summed E-state index contributed by atoms with van der Waals surface area (Å²) in [5.41, 5.74) is 2.91. The van der Waals surface area contributed by atoms with E-state index in [4.69, 9.17) is 4.84 Å².